The van der Waals surface area contributed by atoms with Gasteiger partial charge in [0.05, 0.1) is 32.6 Å². The Bertz CT molecular complexity index is 1140. The molecule has 2 rings (SSSR count). The molecule has 0 fully saturated rings. The van der Waals surface area contributed by atoms with E-state index >= 15 is 0 Å². The second-order valence-electron chi connectivity index (χ2n) is 7.79. The van der Waals surface area contributed by atoms with E-state index < -0.39 is 27.4 Å². The van der Waals surface area contributed by atoms with Crippen LogP contribution >= 0.6 is 0 Å². The van der Waals surface area contributed by atoms with Gasteiger partial charge in [-0.25, -0.2) is 13.1 Å². The van der Waals surface area contributed by atoms with E-state index in [0.29, 0.717) is 0 Å². The molecule has 0 aliphatic rings. The van der Waals surface area contributed by atoms with Crippen molar-refractivity contribution in [2.75, 3.05) is 26.6 Å². The number of amides is 2. The van der Waals surface area contributed by atoms with Gasteiger partial charge in [0.15, 0.2) is 11.5 Å². The number of anilines is 1. The standard InChI is InChI=1S/C21H27N3O7S/c1-21(2,3)24-32(27,28)18-9-12(7-8-15(18)29-4)20(26)23-14-11-17(31-6)16(30-5)10-13(14)19(22)25/h7-11,24H,1-6H3,(H2,22,25)(H,23,26). The quantitative estimate of drug-likeness (QED) is 0.541. The Morgan fingerprint density at radius 2 is 1.47 bits per heavy atom. The first kappa shape index (κ1) is 25.0. The van der Waals surface area contributed by atoms with Crippen LogP contribution in [0.2, 0.25) is 0 Å². The molecule has 2 aromatic rings. The molecular weight excluding hydrogens is 438 g/mol. The molecule has 10 nitrogen and oxygen atoms in total. The van der Waals surface area contributed by atoms with Crippen molar-refractivity contribution in [2.24, 2.45) is 5.73 Å². The SMILES string of the molecule is COc1cc(NC(=O)c2ccc(OC)c(S(=O)(=O)NC(C)(C)C)c2)c(C(N)=O)cc1OC. The Labute approximate surface area is 187 Å². The van der Waals surface area contributed by atoms with E-state index in [4.69, 9.17) is 19.9 Å². The monoisotopic (exact) mass is 465 g/mol. The van der Waals surface area contributed by atoms with Crippen LogP contribution in [0.5, 0.6) is 17.2 Å². The van der Waals surface area contributed by atoms with Gasteiger partial charge in [-0.3, -0.25) is 9.59 Å². The molecule has 0 unspecified atom stereocenters. The number of hydrogen-bond donors (Lipinski definition) is 3. The predicted molar refractivity (Wildman–Crippen MR) is 119 cm³/mol. The average molecular weight is 466 g/mol. The van der Waals surface area contributed by atoms with Crippen molar-refractivity contribution in [2.45, 2.75) is 31.2 Å². The minimum atomic E-state index is -4.00. The molecule has 2 aromatic carbocycles. The molecule has 0 aromatic heterocycles. The molecule has 4 N–H and O–H groups in total. The third kappa shape index (κ3) is 5.68. The van der Waals surface area contributed by atoms with E-state index in [9.17, 15) is 18.0 Å². The zero-order valence-electron chi connectivity index (χ0n) is 18.7. The maximum atomic E-state index is 12.9. The molecule has 0 aliphatic carbocycles. The molecule has 0 spiro atoms. The van der Waals surface area contributed by atoms with Crippen molar-refractivity contribution < 1.29 is 32.2 Å². The summed E-state index contributed by atoms with van der Waals surface area (Å²) in [6.45, 7) is 5.07. The normalized spacial score (nSPS) is 11.6. The van der Waals surface area contributed by atoms with Gasteiger partial charge in [0.25, 0.3) is 11.8 Å². The zero-order valence-corrected chi connectivity index (χ0v) is 19.5. The maximum Gasteiger partial charge on any atom is 0.255 e. The molecule has 0 saturated heterocycles. The minimum absolute atomic E-state index is 0.00763. The van der Waals surface area contributed by atoms with Crippen LogP contribution in [-0.2, 0) is 10.0 Å². The summed E-state index contributed by atoms with van der Waals surface area (Å²) in [5.74, 6) is -0.879. The van der Waals surface area contributed by atoms with E-state index in [2.05, 4.69) is 10.0 Å². The topological polar surface area (TPSA) is 146 Å². The maximum absolute atomic E-state index is 12.9. The largest absolute Gasteiger partial charge is 0.495 e. The number of hydrogen-bond acceptors (Lipinski definition) is 7. The average Bonchev–Trinajstić information content (AvgIpc) is 2.70. The van der Waals surface area contributed by atoms with E-state index in [1.807, 2.05) is 0 Å². The second kappa shape index (κ2) is 9.45. The Balaban J connectivity index is 2.51. The molecule has 0 aliphatic heterocycles. The first-order valence-corrected chi connectivity index (χ1v) is 10.9. The first-order valence-electron chi connectivity index (χ1n) is 9.42. The van der Waals surface area contributed by atoms with Crippen molar-refractivity contribution in [3.63, 3.8) is 0 Å². The summed E-state index contributed by atoms with van der Waals surface area (Å²) in [6.07, 6.45) is 0. The Morgan fingerprint density at radius 3 is 1.97 bits per heavy atom. The Morgan fingerprint density at radius 1 is 0.906 bits per heavy atom. The smallest absolute Gasteiger partial charge is 0.255 e. The highest BCUT2D eigenvalue weighted by Gasteiger charge is 2.27. The number of sulfonamides is 1. The lowest BCUT2D eigenvalue weighted by Gasteiger charge is -2.21. The molecule has 2 amide bonds. The number of benzene rings is 2. The minimum Gasteiger partial charge on any atom is -0.495 e. The molecule has 32 heavy (non-hydrogen) atoms. The van der Waals surface area contributed by atoms with Crippen molar-refractivity contribution in [1.29, 1.82) is 0 Å². The van der Waals surface area contributed by atoms with Gasteiger partial charge in [-0.2, -0.15) is 0 Å². The van der Waals surface area contributed by atoms with Gasteiger partial charge in [-0.05, 0) is 45.0 Å². The highest BCUT2D eigenvalue weighted by molar-refractivity contribution is 7.89. The van der Waals surface area contributed by atoms with Crippen LogP contribution in [0.15, 0.2) is 35.2 Å². The first-order chi connectivity index (χ1) is 14.8. The van der Waals surface area contributed by atoms with Crippen LogP contribution < -0.4 is 30.0 Å². The molecular formula is C21H27N3O7S. The van der Waals surface area contributed by atoms with Crippen molar-refractivity contribution in [1.82, 2.24) is 4.72 Å². The highest BCUT2D eigenvalue weighted by atomic mass is 32.2. The lowest BCUT2D eigenvalue weighted by Crippen LogP contribution is -2.40. The van der Waals surface area contributed by atoms with Crippen LogP contribution in [0.25, 0.3) is 0 Å². The van der Waals surface area contributed by atoms with Gasteiger partial charge >= 0.3 is 0 Å². The number of rotatable bonds is 8. The summed E-state index contributed by atoms with van der Waals surface area (Å²) >= 11 is 0. The van der Waals surface area contributed by atoms with Crippen LogP contribution in [0.4, 0.5) is 5.69 Å². The van der Waals surface area contributed by atoms with E-state index in [-0.39, 0.29) is 39.0 Å². The summed E-state index contributed by atoms with van der Waals surface area (Å²) in [6, 6.07) is 6.69. The zero-order chi connectivity index (χ0) is 24.3. The number of nitrogens with two attached hydrogens (primary N) is 1. The number of carbonyl (C=O) groups is 2. The fourth-order valence-electron chi connectivity index (χ4n) is 2.87. The van der Waals surface area contributed by atoms with Crippen LogP contribution in [0.3, 0.4) is 0 Å². The molecule has 11 heteroatoms. The van der Waals surface area contributed by atoms with E-state index in [1.165, 1.54) is 51.7 Å². The molecule has 0 radical (unpaired) electrons. The van der Waals surface area contributed by atoms with Crippen LogP contribution in [0.1, 0.15) is 41.5 Å². The predicted octanol–water partition coefficient (Wildman–Crippen LogP) is 2.14. The number of primary amides is 1. The highest BCUT2D eigenvalue weighted by Crippen LogP contribution is 2.34. The molecule has 0 heterocycles. The number of nitrogens with one attached hydrogen (secondary N) is 2. The van der Waals surface area contributed by atoms with Crippen molar-refractivity contribution in [3.8, 4) is 17.2 Å². The van der Waals surface area contributed by atoms with E-state index in [0.717, 1.165) is 0 Å². The third-order valence-electron chi connectivity index (χ3n) is 4.19. The molecule has 174 valence electrons. The lowest BCUT2D eigenvalue weighted by atomic mass is 10.1. The fraction of sp³-hybridized carbons (Fsp3) is 0.333. The Hall–Kier alpha value is -3.31. The van der Waals surface area contributed by atoms with Crippen LogP contribution in [0, 0.1) is 0 Å². The van der Waals surface area contributed by atoms with Gasteiger partial charge in [0.1, 0.15) is 10.6 Å². The summed E-state index contributed by atoms with van der Waals surface area (Å²) in [4.78, 5) is 24.6. The third-order valence-corrected chi connectivity index (χ3v) is 5.97. The second-order valence-corrected chi connectivity index (χ2v) is 9.44. The molecule has 0 atom stereocenters. The fourth-order valence-corrected chi connectivity index (χ4v) is 4.48. The van der Waals surface area contributed by atoms with Crippen molar-refractivity contribution in [3.05, 3.63) is 41.5 Å². The van der Waals surface area contributed by atoms with Gasteiger partial charge in [0.2, 0.25) is 10.0 Å². The summed E-state index contributed by atoms with van der Waals surface area (Å²) in [5.41, 5.74) is 4.77. The number of methoxy groups -OCH3 is 3. The summed E-state index contributed by atoms with van der Waals surface area (Å²) < 4.78 is 43.7. The van der Waals surface area contributed by atoms with Gasteiger partial charge in [-0.15, -0.1) is 0 Å². The van der Waals surface area contributed by atoms with E-state index in [1.54, 1.807) is 20.8 Å². The van der Waals surface area contributed by atoms with Gasteiger partial charge in [0, 0.05) is 17.2 Å². The van der Waals surface area contributed by atoms with Crippen LogP contribution in [-0.4, -0.2) is 47.1 Å². The molecule has 0 saturated carbocycles. The molecule has 0 bridgehead atoms. The number of carbonyl (C=O) groups excluding carboxylic acids is 2. The Kier molecular flexibility index (Phi) is 7.37. The lowest BCUT2D eigenvalue weighted by molar-refractivity contribution is 0.100. The van der Waals surface area contributed by atoms with Gasteiger partial charge < -0.3 is 25.3 Å². The number of ether oxygens (including phenoxy) is 3. The van der Waals surface area contributed by atoms with Gasteiger partial charge in [-0.1, -0.05) is 0 Å². The summed E-state index contributed by atoms with van der Waals surface area (Å²) in [7, 11) is 0.124. The van der Waals surface area contributed by atoms with Crippen molar-refractivity contribution >= 4 is 27.5 Å². The summed E-state index contributed by atoms with van der Waals surface area (Å²) in [5, 5.41) is 2.57.